The molecule has 9 aromatic rings. The van der Waals surface area contributed by atoms with Gasteiger partial charge >= 0.3 is 0 Å². The average molecular weight is 773 g/mol. The second-order valence-electron chi connectivity index (χ2n) is 16.0. The standard InChI is InChI=1S/C57H44N2O/c1-57(2)53-30-13-12-29-51(53)52-33-31-49(38-54(52)57)58(46-26-14-23-43(35-46)40-17-6-3-7-18-40)50-32-34-55(56(60)39-50)59(47-27-15-24-44(36-47)41-19-8-4-9-20-41)48-28-16-25-45(37-48)42-21-10-5-11-22-42/h3-39,60H,1-2H3. The van der Waals surface area contributed by atoms with Gasteiger partial charge in [0, 0.05) is 39.9 Å². The van der Waals surface area contributed by atoms with Crippen LogP contribution in [0.2, 0.25) is 0 Å². The quantitative estimate of drug-likeness (QED) is 0.158. The molecule has 0 amide bonds. The number of phenolic OH excluding ortho intramolecular Hbond substituents is 1. The molecule has 0 saturated carbocycles. The minimum Gasteiger partial charge on any atom is -0.506 e. The molecule has 0 spiro atoms. The third-order valence-corrected chi connectivity index (χ3v) is 11.9. The lowest BCUT2D eigenvalue weighted by atomic mass is 9.82. The van der Waals surface area contributed by atoms with E-state index in [4.69, 9.17) is 0 Å². The van der Waals surface area contributed by atoms with E-state index in [-0.39, 0.29) is 11.2 Å². The number of hydrogen-bond acceptors (Lipinski definition) is 3. The van der Waals surface area contributed by atoms with Crippen molar-refractivity contribution in [1.29, 1.82) is 0 Å². The lowest BCUT2D eigenvalue weighted by molar-refractivity contribution is 0.476. The topological polar surface area (TPSA) is 26.7 Å². The number of anilines is 6. The fourth-order valence-corrected chi connectivity index (χ4v) is 8.91. The molecule has 0 fully saturated rings. The lowest BCUT2D eigenvalue weighted by Crippen LogP contribution is -2.16. The van der Waals surface area contributed by atoms with Gasteiger partial charge in [-0.3, -0.25) is 0 Å². The van der Waals surface area contributed by atoms with Crippen LogP contribution >= 0.6 is 0 Å². The zero-order valence-electron chi connectivity index (χ0n) is 33.7. The first-order valence-corrected chi connectivity index (χ1v) is 20.6. The molecule has 1 aliphatic rings. The molecule has 1 N–H and O–H groups in total. The molecule has 288 valence electrons. The molecule has 60 heavy (non-hydrogen) atoms. The molecule has 3 nitrogen and oxygen atoms in total. The van der Waals surface area contributed by atoms with Gasteiger partial charge in [0.1, 0.15) is 5.75 Å². The van der Waals surface area contributed by atoms with Crippen LogP contribution in [0.4, 0.5) is 34.1 Å². The number of benzene rings is 9. The Balaban J connectivity index is 1.13. The fourth-order valence-electron chi connectivity index (χ4n) is 8.91. The van der Waals surface area contributed by atoms with E-state index in [0.29, 0.717) is 5.69 Å². The van der Waals surface area contributed by atoms with Crippen LogP contribution in [-0.4, -0.2) is 5.11 Å². The maximum atomic E-state index is 12.4. The van der Waals surface area contributed by atoms with E-state index in [0.717, 1.165) is 61.8 Å². The van der Waals surface area contributed by atoms with Crippen LogP contribution < -0.4 is 9.80 Å². The van der Waals surface area contributed by atoms with Gasteiger partial charge in [0.2, 0.25) is 0 Å². The van der Waals surface area contributed by atoms with Crippen molar-refractivity contribution in [2.75, 3.05) is 9.80 Å². The molecule has 0 unspecified atom stereocenters. The van der Waals surface area contributed by atoms with Crippen molar-refractivity contribution in [3.8, 4) is 50.3 Å². The molecule has 9 aromatic carbocycles. The summed E-state index contributed by atoms with van der Waals surface area (Å²) in [6.07, 6.45) is 0. The highest BCUT2D eigenvalue weighted by Crippen LogP contribution is 2.51. The van der Waals surface area contributed by atoms with E-state index < -0.39 is 0 Å². The molecule has 10 rings (SSSR count). The first kappa shape index (κ1) is 36.7. The molecule has 0 bridgehead atoms. The Morgan fingerprint density at radius 2 is 0.717 bits per heavy atom. The van der Waals surface area contributed by atoms with Crippen LogP contribution in [0.1, 0.15) is 25.0 Å². The van der Waals surface area contributed by atoms with Gasteiger partial charge in [-0.25, -0.2) is 0 Å². The van der Waals surface area contributed by atoms with Crippen molar-refractivity contribution >= 4 is 34.1 Å². The molecule has 0 aliphatic heterocycles. The van der Waals surface area contributed by atoms with E-state index in [2.05, 4.69) is 224 Å². The molecule has 0 atom stereocenters. The molecule has 1 aliphatic carbocycles. The number of nitrogens with zero attached hydrogens (tertiary/aromatic N) is 2. The van der Waals surface area contributed by atoms with Gasteiger partial charge in [-0.05, 0) is 116 Å². The minimum atomic E-state index is -0.172. The van der Waals surface area contributed by atoms with Crippen LogP contribution in [0.5, 0.6) is 5.75 Å². The Morgan fingerprint density at radius 3 is 1.23 bits per heavy atom. The average Bonchev–Trinajstić information content (AvgIpc) is 3.53. The van der Waals surface area contributed by atoms with Crippen molar-refractivity contribution in [3.63, 3.8) is 0 Å². The van der Waals surface area contributed by atoms with Crippen LogP contribution in [0, 0.1) is 0 Å². The van der Waals surface area contributed by atoms with E-state index in [1.165, 1.54) is 22.3 Å². The molecular formula is C57H44N2O. The number of rotatable bonds is 9. The summed E-state index contributed by atoms with van der Waals surface area (Å²) in [7, 11) is 0. The van der Waals surface area contributed by atoms with E-state index >= 15 is 0 Å². The van der Waals surface area contributed by atoms with Gasteiger partial charge in [-0.15, -0.1) is 0 Å². The van der Waals surface area contributed by atoms with Gasteiger partial charge in [0.25, 0.3) is 0 Å². The molecule has 0 aromatic heterocycles. The van der Waals surface area contributed by atoms with E-state index in [9.17, 15) is 5.11 Å². The predicted molar refractivity (Wildman–Crippen MR) is 251 cm³/mol. The predicted octanol–water partition coefficient (Wildman–Crippen LogP) is 15.6. The molecule has 0 heterocycles. The zero-order valence-corrected chi connectivity index (χ0v) is 33.7. The summed E-state index contributed by atoms with van der Waals surface area (Å²) in [6.45, 7) is 4.63. The third kappa shape index (κ3) is 6.70. The zero-order chi connectivity index (χ0) is 40.6. The summed E-state index contributed by atoms with van der Waals surface area (Å²) in [6, 6.07) is 78.8. The Morgan fingerprint density at radius 1 is 0.317 bits per heavy atom. The minimum absolute atomic E-state index is 0.167. The Labute approximate surface area is 352 Å². The van der Waals surface area contributed by atoms with Crippen molar-refractivity contribution in [3.05, 3.63) is 236 Å². The first-order valence-electron chi connectivity index (χ1n) is 20.6. The molecule has 3 heteroatoms. The van der Waals surface area contributed by atoms with Gasteiger partial charge in [-0.1, -0.05) is 172 Å². The maximum Gasteiger partial charge on any atom is 0.141 e. The number of phenols is 1. The smallest absolute Gasteiger partial charge is 0.141 e. The normalized spacial score (nSPS) is 12.4. The second kappa shape index (κ2) is 15.3. The highest BCUT2D eigenvalue weighted by atomic mass is 16.3. The van der Waals surface area contributed by atoms with Crippen LogP contribution in [-0.2, 0) is 5.41 Å². The monoisotopic (exact) mass is 772 g/mol. The number of aromatic hydroxyl groups is 1. The van der Waals surface area contributed by atoms with Crippen molar-refractivity contribution in [2.45, 2.75) is 19.3 Å². The van der Waals surface area contributed by atoms with Crippen molar-refractivity contribution < 1.29 is 5.11 Å². The van der Waals surface area contributed by atoms with Gasteiger partial charge < -0.3 is 14.9 Å². The van der Waals surface area contributed by atoms with Gasteiger partial charge in [-0.2, -0.15) is 0 Å². The molecule has 0 saturated heterocycles. The Hall–Kier alpha value is -7.62. The molecular weight excluding hydrogens is 729 g/mol. The highest BCUT2D eigenvalue weighted by molar-refractivity contribution is 5.89. The van der Waals surface area contributed by atoms with E-state index in [1.54, 1.807) is 0 Å². The Kier molecular flexibility index (Phi) is 9.35. The second-order valence-corrected chi connectivity index (χ2v) is 16.0. The number of fused-ring (bicyclic) bond motifs is 3. The fraction of sp³-hybridized carbons (Fsp3) is 0.0526. The Bertz CT molecular complexity index is 2890. The summed E-state index contributed by atoms with van der Waals surface area (Å²) in [5, 5.41) is 12.4. The summed E-state index contributed by atoms with van der Waals surface area (Å²) < 4.78 is 0. The summed E-state index contributed by atoms with van der Waals surface area (Å²) in [5.74, 6) is 0.167. The molecule has 0 radical (unpaired) electrons. The summed E-state index contributed by atoms with van der Waals surface area (Å²) in [5.41, 5.74) is 17.2. The van der Waals surface area contributed by atoms with E-state index in [1.807, 2.05) is 24.3 Å². The summed E-state index contributed by atoms with van der Waals surface area (Å²) >= 11 is 0. The van der Waals surface area contributed by atoms with Crippen molar-refractivity contribution in [2.24, 2.45) is 0 Å². The first-order chi connectivity index (χ1) is 29.4. The highest BCUT2D eigenvalue weighted by Gasteiger charge is 2.36. The van der Waals surface area contributed by atoms with Gasteiger partial charge in [0.15, 0.2) is 0 Å². The number of hydrogen-bond donors (Lipinski definition) is 1. The maximum absolute atomic E-state index is 12.4. The van der Waals surface area contributed by atoms with Crippen molar-refractivity contribution in [1.82, 2.24) is 0 Å². The SMILES string of the molecule is CC1(C)c2ccccc2-c2ccc(N(c3cccc(-c4ccccc4)c3)c3ccc(N(c4cccc(-c5ccccc5)c4)c4cccc(-c5ccccc5)c4)c(O)c3)cc21. The lowest BCUT2D eigenvalue weighted by Gasteiger charge is -2.30. The largest absolute Gasteiger partial charge is 0.506 e. The third-order valence-electron chi connectivity index (χ3n) is 11.9. The summed E-state index contributed by atoms with van der Waals surface area (Å²) in [4.78, 5) is 4.43. The van der Waals surface area contributed by atoms with Crippen LogP contribution in [0.3, 0.4) is 0 Å². The van der Waals surface area contributed by atoms with Gasteiger partial charge in [0.05, 0.1) is 5.69 Å². The van der Waals surface area contributed by atoms with Crippen LogP contribution in [0.25, 0.3) is 44.5 Å². The van der Waals surface area contributed by atoms with Crippen LogP contribution in [0.15, 0.2) is 224 Å².